The van der Waals surface area contributed by atoms with E-state index in [0.29, 0.717) is 18.1 Å². The number of morpholine rings is 1. The first-order valence-electron chi connectivity index (χ1n) is 7.19. The molecule has 2 nitrogen and oxygen atoms in total. The minimum Gasteiger partial charge on any atom is -0.367 e. The Morgan fingerprint density at radius 2 is 1.89 bits per heavy atom. The van der Waals surface area contributed by atoms with E-state index in [-0.39, 0.29) is 6.10 Å². The van der Waals surface area contributed by atoms with E-state index in [2.05, 4.69) is 49.5 Å². The van der Waals surface area contributed by atoms with Crippen molar-refractivity contribution < 1.29 is 4.74 Å². The van der Waals surface area contributed by atoms with Crippen molar-refractivity contribution in [1.29, 1.82) is 0 Å². The van der Waals surface area contributed by atoms with Gasteiger partial charge in [0.2, 0.25) is 0 Å². The second kappa shape index (κ2) is 5.02. The molecule has 3 rings (SSSR count). The molecule has 1 N–H and O–H groups in total. The third-order valence-corrected chi connectivity index (χ3v) is 4.20. The van der Waals surface area contributed by atoms with Crippen molar-refractivity contribution in [2.45, 2.75) is 44.9 Å². The molecule has 0 radical (unpaired) electrons. The van der Waals surface area contributed by atoms with Crippen LogP contribution in [0.3, 0.4) is 0 Å². The summed E-state index contributed by atoms with van der Waals surface area (Å²) in [7, 11) is 0. The van der Waals surface area contributed by atoms with Gasteiger partial charge in [-0.05, 0) is 30.2 Å². The summed E-state index contributed by atoms with van der Waals surface area (Å²) in [6.45, 7) is 5.57. The minimum absolute atomic E-state index is 0.213. The molecule has 2 fully saturated rings. The molecule has 98 valence electrons. The number of nitrogens with one attached hydrogen (secondary N) is 1. The molecule has 1 aromatic rings. The predicted molar refractivity (Wildman–Crippen MR) is 73.4 cm³/mol. The fourth-order valence-corrected chi connectivity index (χ4v) is 2.94. The Balaban J connectivity index is 1.80. The van der Waals surface area contributed by atoms with Crippen molar-refractivity contribution in [1.82, 2.24) is 5.32 Å². The highest BCUT2D eigenvalue weighted by atomic mass is 16.5. The van der Waals surface area contributed by atoms with Crippen molar-refractivity contribution in [2.75, 3.05) is 6.54 Å². The van der Waals surface area contributed by atoms with Crippen LogP contribution >= 0.6 is 0 Å². The summed E-state index contributed by atoms with van der Waals surface area (Å²) in [5, 5.41) is 3.71. The maximum Gasteiger partial charge on any atom is 0.0984 e. The third-order valence-electron chi connectivity index (χ3n) is 4.20. The molecule has 3 atom stereocenters. The van der Waals surface area contributed by atoms with Gasteiger partial charge in [0.05, 0.1) is 12.2 Å². The smallest absolute Gasteiger partial charge is 0.0984 e. The van der Waals surface area contributed by atoms with Crippen molar-refractivity contribution in [2.24, 2.45) is 11.8 Å². The van der Waals surface area contributed by atoms with E-state index in [4.69, 9.17) is 4.74 Å². The highest BCUT2D eigenvalue weighted by molar-refractivity contribution is 5.20. The molecule has 1 aliphatic heterocycles. The molecular formula is C16H23NO. The molecular weight excluding hydrogens is 222 g/mol. The lowest BCUT2D eigenvalue weighted by molar-refractivity contribution is -0.0835. The van der Waals surface area contributed by atoms with Crippen LogP contribution in [0.1, 0.15) is 38.4 Å². The molecule has 1 saturated carbocycles. The molecule has 1 aromatic carbocycles. The standard InChI is InChI=1S/C16H23NO/c1-11(2)15-16(13-6-4-3-5-7-13)18-14(10-17-15)12-8-9-12/h3-7,11-12,14-17H,8-10H2,1-2H3. The largest absolute Gasteiger partial charge is 0.367 e. The summed E-state index contributed by atoms with van der Waals surface area (Å²) < 4.78 is 6.41. The lowest BCUT2D eigenvalue weighted by atomic mass is 9.91. The molecule has 3 unspecified atom stereocenters. The number of hydrogen-bond donors (Lipinski definition) is 1. The Kier molecular flexibility index (Phi) is 3.40. The Morgan fingerprint density at radius 1 is 1.17 bits per heavy atom. The van der Waals surface area contributed by atoms with Crippen LogP contribution in [-0.2, 0) is 4.74 Å². The van der Waals surface area contributed by atoms with Gasteiger partial charge in [0.15, 0.2) is 0 Å². The summed E-state index contributed by atoms with van der Waals surface area (Å²) in [5.74, 6) is 1.40. The highest BCUT2D eigenvalue weighted by Gasteiger charge is 2.40. The van der Waals surface area contributed by atoms with E-state index < -0.39 is 0 Å². The van der Waals surface area contributed by atoms with E-state index in [1.807, 2.05) is 0 Å². The van der Waals surface area contributed by atoms with Gasteiger partial charge in [0.25, 0.3) is 0 Å². The average Bonchev–Trinajstić information content (AvgIpc) is 3.23. The number of hydrogen-bond acceptors (Lipinski definition) is 2. The molecule has 0 amide bonds. The SMILES string of the molecule is CC(C)C1NCC(C2CC2)OC1c1ccccc1. The Morgan fingerprint density at radius 3 is 2.50 bits per heavy atom. The van der Waals surface area contributed by atoms with Gasteiger partial charge in [0.1, 0.15) is 0 Å². The fraction of sp³-hybridized carbons (Fsp3) is 0.625. The summed E-state index contributed by atoms with van der Waals surface area (Å²) in [6, 6.07) is 11.1. The first kappa shape index (κ1) is 12.2. The number of benzene rings is 1. The van der Waals surface area contributed by atoms with Gasteiger partial charge in [-0.2, -0.15) is 0 Å². The second-order valence-electron chi connectivity index (χ2n) is 6.02. The molecule has 1 heterocycles. The van der Waals surface area contributed by atoms with Gasteiger partial charge >= 0.3 is 0 Å². The molecule has 2 heteroatoms. The Labute approximate surface area is 110 Å². The molecule has 1 saturated heterocycles. The summed E-state index contributed by atoms with van der Waals surface area (Å²) in [4.78, 5) is 0. The van der Waals surface area contributed by atoms with Crippen molar-refractivity contribution >= 4 is 0 Å². The zero-order valence-corrected chi connectivity index (χ0v) is 11.3. The summed E-state index contributed by atoms with van der Waals surface area (Å²) >= 11 is 0. The molecule has 1 aliphatic carbocycles. The van der Waals surface area contributed by atoms with Crippen LogP contribution in [0.2, 0.25) is 0 Å². The van der Waals surface area contributed by atoms with Crippen LogP contribution in [0.4, 0.5) is 0 Å². The maximum absolute atomic E-state index is 6.41. The molecule has 0 aromatic heterocycles. The van der Waals surface area contributed by atoms with Crippen LogP contribution in [-0.4, -0.2) is 18.7 Å². The van der Waals surface area contributed by atoms with Crippen LogP contribution in [0.5, 0.6) is 0 Å². The quantitative estimate of drug-likeness (QED) is 0.883. The highest BCUT2D eigenvalue weighted by Crippen LogP contribution is 2.40. The van der Waals surface area contributed by atoms with E-state index in [1.54, 1.807) is 0 Å². The molecule has 18 heavy (non-hydrogen) atoms. The van der Waals surface area contributed by atoms with Gasteiger partial charge in [-0.1, -0.05) is 44.2 Å². The summed E-state index contributed by atoms with van der Waals surface area (Å²) in [6.07, 6.45) is 3.33. The maximum atomic E-state index is 6.41. The topological polar surface area (TPSA) is 21.3 Å². The zero-order chi connectivity index (χ0) is 12.5. The normalized spacial score (nSPS) is 32.7. The number of ether oxygens (including phenoxy) is 1. The van der Waals surface area contributed by atoms with Crippen molar-refractivity contribution in [3.8, 4) is 0 Å². The predicted octanol–water partition coefficient (Wildman–Crippen LogP) is 3.15. The monoisotopic (exact) mass is 245 g/mol. The van der Waals surface area contributed by atoms with Gasteiger partial charge in [-0.3, -0.25) is 0 Å². The first-order valence-corrected chi connectivity index (χ1v) is 7.19. The molecule has 0 spiro atoms. The van der Waals surface area contributed by atoms with E-state index in [1.165, 1.54) is 18.4 Å². The van der Waals surface area contributed by atoms with Crippen molar-refractivity contribution in [3.05, 3.63) is 35.9 Å². The van der Waals surface area contributed by atoms with Crippen LogP contribution in [0.15, 0.2) is 30.3 Å². The van der Waals surface area contributed by atoms with Crippen LogP contribution < -0.4 is 5.32 Å². The van der Waals surface area contributed by atoms with Gasteiger partial charge in [0, 0.05) is 12.6 Å². The van der Waals surface area contributed by atoms with E-state index >= 15 is 0 Å². The first-order chi connectivity index (χ1) is 8.75. The van der Waals surface area contributed by atoms with Crippen LogP contribution in [0, 0.1) is 11.8 Å². The zero-order valence-electron chi connectivity index (χ0n) is 11.3. The van der Waals surface area contributed by atoms with Gasteiger partial charge in [-0.15, -0.1) is 0 Å². The lowest BCUT2D eigenvalue weighted by Gasteiger charge is -2.40. The minimum atomic E-state index is 0.213. The third kappa shape index (κ3) is 2.45. The van der Waals surface area contributed by atoms with Gasteiger partial charge < -0.3 is 10.1 Å². The molecule has 2 aliphatic rings. The van der Waals surface area contributed by atoms with Crippen LogP contribution in [0.25, 0.3) is 0 Å². The summed E-state index contributed by atoms with van der Waals surface area (Å²) in [5.41, 5.74) is 1.31. The lowest BCUT2D eigenvalue weighted by Crippen LogP contribution is -2.51. The van der Waals surface area contributed by atoms with E-state index in [9.17, 15) is 0 Å². The van der Waals surface area contributed by atoms with Crippen molar-refractivity contribution in [3.63, 3.8) is 0 Å². The fourth-order valence-electron chi connectivity index (χ4n) is 2.94. The number of rotatable bonds is 3. The average molecular weight is 245 g/mol. The Bertz CT molecular complexity index is 385. The van der Waals surface area contributed by atoms with E-state index in [0.717, 1.165) is 12.5 Å². The Hall–Kier alpha value is -0.860. The molecule has 0 bridgehead atoms. The van der Waals surface area contributed by atoms with Gasteiger partial charge in [-0.25, -0.2) is 0 Å². The second-order valence-corrected chi connectivity index (χ2v) is 6.02.